The zero-order chi connectivity index (χ0) is 34.4. The molecule has 2 amide bonds. The molecule has 8 rings (SSSR count). The molecule has 3 aromatic rings. The molecule has 9 heteroatoms. The Morgan fingerprint density at radius 1 is 0.918 bits per heavy atom. The van der Waals surface area contributed by atoms with Crippen molar-refractivity contribution in [3.8, 4) is 11.1 Å². The number of oxime groups is 1. The van der Waals surface area contributed by atoms with Crippen LogP contribution in [0.2, 0.25) is 0 Å². The lowest BCUT2D eigenvalue weighted by molar-refractivity contribution is -0.199. The van der Waals surface area contributed by atoms with E-state index in [9.17, 15) is 9.59 Å². The fraction of sp³-hybridized carbons (Fsp3) is 0.475. The number of rotatable bonds is 11. The van der Waals surface area contributed by atoms with Gasteiger partial charge in [-0.2, -0.15) is 0 Å². The molecule has 256 valence electrons. The van der Waals surface area contributed by atoms with Crippen LogP contribution in [0, 0.1) is 23.2 Å². The van der Waals surface area contributed by atoms with Gasteiger partial charge in [-0.1, -0.05) is 106 Å². The minimum atomic E-state index is -1.27. The minimum absolute atomic E-state index is 0.0231. The fourth-order valence-corrected chi connectivity index (χ4v) is 8.71. The van der Waals surface area contributed by atoms with Crippen LogP contribution >= 0.6 is 0 Å². The molecule has 0 aromatic heterocycles. The Morgan fingerprint density at radius 3 is 2.27 bits per heavy atom. The molecule has 49 heavy (non-hydrogen) atoms. The van der Waals surface area contributed by atoms with Gasteiger partial charge in [-0.05, 0) is 78.2 Å². The van der Waals surface area contributed by atoms with Crippen molar-refractivity contribution >= 4 is 24.6 Å². The van der Waals surface area contributed by atoms with E-state index in [1.165, 1.54) is 6.42 Å². The first-order valence-electron chi connectivity index (χ1n) is 17.8. The molecule has 2 heterocycles. The Hall–Kier alpha value is -3.95. The van der Waals surface area contributed by atoms with Crippen molar-refractivity contribution in [1.82, 2.24) is 10.6 Å². The van der Waals surface area contributed by atoms with E-state index in [0.717, 1.165) is 23.1 Å². The molecule has 0 radical (unpaired) electrons. The summed E-state index contributed by atoms with van der Waals surface area (Å²) in [5, 5.41) is 10.7. The zero-order valence-corrected chi connectivity index (χ0v) is 29.3. The average Bonchev–Trinajstić information content (AvgIpc) is 3.68. The number of carbonyl (C=O) groups excluding carboxylic acids is 2. The smallest absolute Gasteiger partial charge is 0.404 e. The van der Waals surface area contributed by atoms with E-state index in [2.05, 4.69) is 50.4 Å². The summed E-state index contributed by atoms with van der Waals surface area (Å²) in [4.78, 5) is 33.7. The van der Waals surface area contributed by atoms with Crippen LogP contribution in [0.1, 0.15) is 76.2 Å². The van der Waals surface area contributed by atoms with Crippen molar-refractivity contribution in [3.05, 3.63) is 96.1 Å². The molecule has 1 saturated heterocycles. The maximum absolute atomic E-state index is 14.4. The molecule has 3 aliphatic carbocycles. The van der Waals surface area contributed by atoms with Crippen LogP contribution in [-0.4, -0.2) is 54.4 Å². The second-order valence-electron chi connectivity index (χ2n) is 15.8. The summed E-state index contributed by atoms with van der Waals surface area (Å²) < 4.78 is 13.5. The van der Waals surface area contributed by atoms with Crippen molar-refractivity contribution in [3.63, 3.8) is 0 Å². The first-order chi connectivity index (χ1) is 23.5. The van der Waals surface area contributed by atoms with E-state index in [0.29, 0.717) is 41.9 Å². The van der Waals surface area contributed by atoms with E-state index >= 15 is 0 Å². The summed E-state index contributed by atoms with van der Waals surface area (Å²) in [7, 11) is -0.542. The Morgan fingerprint density at radius 2 is 1.59 bits per heavy atom. The number of carbonyl (C=O) groups is 2. The molecule has 5 aliphatic rings. The zero-order valence-electron chi connectivity index (χ0n) is 29.3. The second kappa shape index (κ2) is 13.1. The third kappa shape index (κ3) is 6.43. The molecule has 2 aliphatic heterocycles. The highest BCUT2D eigenvalue weighted by atomic mass is 16.7. The second-order valence-corrected chi connectivity index (χ2v) is 15.8. The normalized spacial score (nSPS) is 28.6. The van der Waals surface area contributed by atoms with Crippen LogP contribution in [-0.2, 0) is 25.4 Å². The molecule has 1 unspecified atom stereocenters. The molecule has 2 N–H and O–H groups in total. The summed E-state index contributed by atoms with van der Waals surface area (Å²) in [5.41, 5.74) is 2.84. The van der Waals surface area contributed by atoms with Crippen molar-refractivity contribution < 1.29 is 23.7 Å². The third-order valence-corrected chi connectivity index (χ3v) is 11.6. The monoisotopic (exact) mass is 661 g/mol. The van der Waals surface area contributed by atoms with Gasteiger partial charge in [0.25, 0.3) is 11.8 Å². The Labute approximate surface area is 290 Å². The largest absolute Gasteiger partial charge is 0.481 e. The first-order valence-corrected chi connectivity index (χ1v) is 17.8. The maximum atomic E-state index is 14.4. The van der Waals surface area contributed by atoms with Crippen LogP contribution in [0.25, 0.3) is 11.1 Å². The van der Waals surface area contributed by atoms with Crippen molar-refractivity contribution in [2.45, 2.75) is 90.0 Å². The van der Waals surface area contributed by atoms with Gasteiger partial charge in [0.05, 0.1) is 29.9 Å². The van der Waals surface area contributed by atoms with Crippen LogP contribution in [0.3, 0.4) is 0 Å². The van der Waals surface area contributed by atoms with Crippen LogP contribution in [0.15, 0.2) is 90.1 Å². The lowest BCUT2D eigenvalue weighted by atomic mass is 9.43. The van der Waals surface area contributed by atoms with Gasteiger partial charge in [-0.15, -0.1) is 0 Å². The lowest BCUT2D eigenvalue weighted by Gasteiger charge is -2.64. The molecule has 4 fully saturated rings. The van der Waals surface area contributed by atoms with Gasteiger partial charge in [0.15, 0.2) is 0 Å². The Kier molecular flexibility index (Phi) is 8.95. The topological polar surface area (TPSA) is 98.3 Å². The summed E-state index contributed by atoms with van der Waals surface area (Å²) in [6, 6.07) is 27.4. The molecule has 8 nitrogen and oxygen atoms in total. The first kappa shape index (κ1) is 33.5. The molecule has 2 bridgehead atoms. The standard InChI is InChI=1S/C40H48BN3O5/c1-26(2)20-35(41-47-34-22-31-21-33(38(31,3)4)39(34,5)48-41)43-37(46)40(23-27-12-8-6-9-13-27)24-32(44-49-40)25-42-36(45)30-18-16-29(17-19-30)28-14-10-7-11-15-28/h6-19,26,31,33-35H,20-25H2,1-5H3,(H,42,45)(H,43,46)/t31-,33-,34+,35-,39-,40?/m0/s1. The van der Waals surface area contributed by atoms with Crippen molar-refractivity contribution in [1.29, 1.82) is 0 Å². The van der Waals surface area contributed by atoms with Crippen molar-refractivity contribution in [2.75, 3.05) is 6.54 Å². The van der Waals surface area contributed by atoms with E-state index in [-0.39, 0.29) is 47.8 Å². The molecular formula is C40H48BN3O5. The summed E-state index contributed by atoms with van der Waals surface area (Å²) in [6.45, 7) is 11.4. The molecule has 3 saturated carbocycles. The minimum Gasteiger partial charge on any atom is -0.404 e. The predicted molar refractivity (Wildman–Crippen MR) is 192 cm³/mol. The fourth-order valence-electron chi connectivity index (χ4n) is 8.71. The molecule has 3 aromatic carbocycles. The quantitative estimate of drug-likeness (QED) is 0.225. The Balaban J connectivity index is 1.04. The van der Waals surface area contributed by atoms with Crippen LogP contribution in [0.4, 0.5) is 0 Å². The van der Waals surface area contributed by atoms with Crippen LogP contribution in [0.5, 0.6) is 0 Å². The van der Waals surface area contributed by atoms with Crippen molar-refractivity contribution in [2.24, 2.45) is 28.3 Å². The number of benzene rings is 3. The van der Waals surface area contributed by atoms with Crippen LogP contribution < -0.4 is 10.6 Å². The number of amides is 2. The van der Waals surface area contributed by atoms with E-state index in [1.54, 1.807) is 0 Å². The van der Waals surface area contributed by atoms with Gasteiger partial charge in [-0.3, -0.25) is 9.59 Å². The molecule has 0 spiro atoms. The van der Waals surface area contributed by atoms with E-state index in [1.807, 2.05) is 84.9 Å². The van der Waals surface area contributed by atoms with Gasteiger partial charge >= 0.3 is 7.12 Å². The van der Waals surface area contributed by atoms with E-state index in [4.69, 9.17) is 14.1 Å². The average molecular weight is 662 g/mol. The van der Waals surface area contributed by atoms with Gasteiger partial charge in [-0.25, -0.2) is 0 Å². The summed E-state index contributed by atoms with van der Waals surface area (Å²) >= 11 is 0. The lowest BCUT2D eigenvalue weighted by Crippen LogP contribution is -2.65. The summed E-state index contributed by atoms with van der Waals surface area (Å²) in [6.07, 6.45) is 3.46. The number of nitrogens with one attached hydrogen (secondary N) is 2. The van der Waals surface area contributed by atoms with E-state index < -0.39 is 12.7 Å². The van der Waals surface area contributed by atoms with Gasteiger partial charge in [0.1, 0.15) is 0 Å². The van der Waals surface area contributed by atoms with Gasteiger partial charge in [0, 0.05) is 18.4 Å². The van der Waals surface area contributed by atoms with Gasteiger partial charge in [0.2, 0.25) is 5.60 Å². The molecular weight excluding hydrogens is 613 g/mol. The maximum Gasteiger partial charge on any atom is 0.481 e. The highest BCUT2D eigenvalue weighted by Gasteiger charge is 2.68. The highest BCUT2D eigenvalue weighted by molar-refractivity contribution is 6.48. The predicted octanol–water partition coefficient (Wildman–Crippen LogP) is 6.64. The molecule has 6 atom stereocenters. The third-order valence-electron chi connectivity index (χ3n) is 11.6. The number of hydrogen-bond donors (Lipinski definition) is 2. The number of nitrogens with zero attached hydrogens (tertiary/aromatic N) is 1. The van der Waals surface area contributed by atoms with Gasteiger partial charge < -0.3 is 24.8 Å². The Bertz CT molecular complexity index is 1700. The summed E-state index contributed by atoms with van der Waals surface area (Å²) in [5.74, 6) is 0.559. The SMILES string of the molecule is CC(C)C[C@H](NC(=O)C1(Cc2ccccc2)CC(CNC(=O)c2ccc(-c3ccccc3)cc2)=NO1)B1O[C@@H]2C[C@@H]3C[C@@H](C3(C)C)[C@]2(C)O1. The number of hydrogen-bond acceptors (Lipinski definition) is 6. The highest BCUT2D eigenvalue weighted by Crippen LogP contribution is 2.65.